The summed E-state index contributed by atoms with van der Waals surface area (Å²) in [7, 11) is 0. The summed E-state index contributed by atoms with van der Waals surface area (Å²) >= 11 is 0.654. The highest BCUT2D eigenvalue weighted by atomic mass is 32.2. The highest BCUT2D eigenvalue weighted by Gasteiger charge is 2.28. The van der Waals surface area contributed by atoms with E-state index in [4.69, 9.17) is 5.73 Å². The summed E-state index contributed by atoms with van der Waals surface area (Å²) in [5.41, 5.74) is 6.91. The lowest BCUT2D eigenvalue weighted by molar-refractivity contribution is -0.119. The van der Waals surface area contributed by atoms with Crippen LogP contribution < -0.4 is 11.1 Å². The lowest BCUT2D eigenvalue weighted by Gasteiger charge is -2.18. The quantitative estimate of drug-likeness (QED) is 0.816. The summed E-state index contributed by atoms with van der Waals surface area (Å²) in [6, 6.07) is 4.62. The van der Waals surface area contributed by atoms with Crippen LogP contribution in [0.3, 0.4) is 0 Å². The highest BCUT2D eigenvalue weighted by Crippen LogP contribution is 2.33. The van der Waals surface area contributed by atoms with E-state index in [9.17, 15) is 18.0 Å². The Morgan fingerprint density at radius 3 is 2.52 bits per heavy atom. The molecule has 0 fully saturated rings. The third-order valence-electron chi connectivity index (χ3n) is 2.99. The average molecular weight is 320 g/mol. The molecule has 0 bridgehead atoms. The summed E-state index contributed by atoms with van der Waals surface area (Å²) in [5, 5.41) is 2.66. The van der Waals surface area contributed by atoms with Crippen LogP contribution in [0.15, 0.2) is 23.1 Å². The minimum Gasteiger partial charge on any atom is -0.327 e. The van der Waals surface area contributed by atoms with Gasteiger partial charge in [0.1, 0.15) is 0 Å². The van der Waals surface area contributed by atoms with Crippen LogP contribution in [0, 0.1) is 12.8 Å². The van der Waals surface area contributed by atoms with Gasteiger partial charge < -0.3 is 11.1 Å². The van der Waals surface area contributed by atoms with E-state index in [1.54, 1.807) is 32.0 Å². The lowest BCUT2D eigenvalue weighted by Crippen LogP contribution is -2.34. The minimum absolute atomic E-state index is 0.301. The van der Waals surface area contributed by atoms with Crippen molar-refractivity contribution in [2.45, 2.75) is 37.9 Å². The fourth-order valence-corrected chi connectivity index (χ4v) is 2.26. The van der Waals surface area contributed by atoms with Gasteiger partial charge in [-0.15, -0.1) is 11.8 Å². The number of nitrogens with one attached hydrogen (secondary N) is 1. The van der Waals surface area contributed by atoms with Crippen molar-refractivity contribution in [1.82, 2.24) is 0 Å². The normalized spacial score (nSPS) is 14.6. The van der Waals surface area contributed by atoms with Crippen LogP contribution in [-0.4, -0.2) is 23.9 Å². The number of aryl methyl sites for hydroxylation is 1. The maximum atomic E-state index is 12.3. The van der Waals surface area contributed by atoms with Gasteiger partial charge in [-0.05, 0) is 31.5 Å². The molecular weight excluding hydrogens is 301 g/mol. The summed E-state index contributed by atoms with van der Waals surface area (Å²) in [6.45, 7) is 5.20. The number of amides is 1. The Morgan fingerprint density at radius 1 is 1.38 bits per heavy atom. The molecule has 0 radical (unpaired) electrons. The molecule has 0 heterocycles. The van der Waals surface area contributed by atoms with Gasteiger partial charge in [-0.3, -0.25) is 4.79 Å². The SMILES string of the molecule is Cc1ccc(SCC(F)(F)F)c(NC(=O)C(C)C(C)N)c1. The number of carbonyl (C=O) groups is 1. The van der Waals surface area contributed by atoms with Gasteiger partial charge in [0.25, 0.3) is 0 Å². The summed E-state index contributed by atoms with van der Waals surface area (Å²) in [6.07, 6.45) is -4.25. The fourth-order valence-electron chi connectivity index (χ4n) is 1.51. The molecule has 1 aromatic rings. The highest BCUT2D eigenvalue weighted by molar-refractivity contribution is 7.99. The molecule has 0 aliphatic heterocycles. The van der Waals surface area contributed by atoms with Crippen LogP contribution in [0.1, 0.15) is 19.4 Å². The molecule has 118 valence electrons. The van der Waals surface area contributed by atoms with Crippen LogP contribution in [0.4, 0.5) is 18.9 Å². The standard InChI is InChI=1S/C14H19F3N2OS/c1-8-4-5-12(21-7-14(15,16)17)11(6-8)19-13(20)9(2)10(3)18/h4-6,9-10H,7,18H2,1-3H3,(H,19,20). The van der Waals surface area contributed by atoms with Crippen LogP contribution >= 0.6 is 11.8 Å². The molecule has 2 atom stereocenters. The molecule has 0 saturated carbocycles. The van der Waals surface area contributed by atoms with Gasteiger partial charge in [0.2, 0.25) is 5.91 Å². The third-order valence-corrected chi connectivity index (χ3v) is 4.13. The zero-order valence-corrected chi connectivity index (χ0v) is 12.9. The molecular formula is C14H19F3N2OS. The Hall–Kier alpha value is -1.21. The van der Waals surface area contributed by atoms with E-state index in [0.29, 0.717) is 22.3 Å². The molecule has 1 rings (SSSR count). The first-order valence-electron chi connectivity index (χ1n) is 6.47. The number of hydrogen-bond donors (Lipinski definition) is 2. The van der Waals surface area contributed by atoms with Crippen molar-refractivity contribution >= 4 is 23.4 Å². The maximum absolute atomic E-state index is 12.3. The first-order chi connectivity index (χ1) is 9.60. The Labute approximate surface area is 126 Å². The monoisotopic (exact) mass is 320 g/mol. The Bertz CT molecular complexity index is 503. The van der Waals surface area contributed by atoms with Gasteiger partial charge in [0.15, 0.2) is 0 Å². The van der Waals surface area contributed by atoms with Crippen molar-refractivity contribution in [3.05, 3.63) is 23.8 Å². The second-order valence-electron chi connectivity index (χ2n) is 5.04. The number of carbonyl (C=O) groups excluding carboxylic acids is 1. The number of benzene rings is 1. The average Bonchev–Trinajstić information content (AvgIpc) is 2.35. The number of alkyl halides is 3. The van der Waals surface area contributed by atoms with Gasteiger partial charge in [-0.2, -0.15) is 13.2 Å². The van der Waals surface area contributed by atoms with Gasteiger partial charge in [-0.25, -0.2) is 0 Å². The molecule has 0 spiro atoms. The van der Waals surface area contributed by atoms with Gasteiger partial charge >= 0.3 is 6.18 Å². The molecule has 1 amide bonds. The smallest absolute Gasteiger partial charge is 0.327 e. The number of halogens is 3. The van der Waals surface area contributed by atoms with Gasteiger partial charge in [0, 0.05) is 10.9 Å². The predicted molar refractivity (Wildman–Crippen MR) is 79.4 cm³/mol. The molecule has 0 saturated heterocycles. The van der Waals surface area contributed by atoms with E-state index in [-0.39, 0.29) is 11.9 Å². The number of nitrogens with two attached hydrogens (primary N) is 1. The zero-order chi connectivity index (χ0) is 16.2. The van der Waals surface area contributed by atoms with Crippen molar-refractivity contribution in [2.75, 3.05) is 11.1 Å². The Balaban J connectivity index is 2.89. The molecule has 7 heteroatoms. The molecule has 1 aromatic carbocycles. The second kappa shape index (κ2) is 7.17. The topological polar surface area (TPSA) is 55.1 Å². The first kappa shape index (κ1) is 17.8. The first-order valence-corrected chi connectivity index (χ1v) is 7.45. The number of rotatable bonds is 5. The van der Waals surface area contributed by atoms with E-state index in [0.717, 1.165) is 5.56 Å². The minimum atomic E-state index is -4.25. The molecule has 3 N–H and O–H groups in total. The molecule has 0 aliphatic rings. The molecule has 2 unspecified atom stereocenters. The van der Waals surface area contributed by atoms with Crippen molar-refractivity contribution < 1.29 is 18.0 Å². The van der Waals surface area contributed by atoms with E-state index >= 15 is 0 Å². The molecule has 0 aliphatic carbocycles. The van der Waals surface area contributed by atoms with Gasteiger partial charge in [-0.1, -0.05) is 13.0 Å². The molecule has 3 nitrogen and oxygen atoms in total. The van der Waals surface area contributed by atoms with Crippen LogP contribution in [0.25, 0.3) is 0 Å². The summed E-state index contributed by atoms with van der Waals surface area (Å²) in [4.78, 5) is 12.4. The summed E-state index contributed by atoms with van der Waals surface area (Å²) in [5.74, 6) is -1.72. The Kier molecular flexibility index (Phi) is 6.10. The number of hydrogen-bond acceptors (Lipinski definition) is 3. The predicted octanol–water partition coefficient (Wildman–Crippen LogP) is 3.57. The number of thioether (sulfide) groups is 1. The second-order valence-corrected chi connectivity index (χ2v) is 6.06. The summed E-state index contributed by atoms with van der Waals surface area (Å²) < 4.78 is 37.0. The molecule has 0 aromatic heterocycles. The van der Waals surface area contributed by atoms with E-state index in [2.05, 4.69) is 5.32 Å². The Morgan fingerprint density at radius 2 is 2.00 bits per heavy atom. The zero-order valence-electron chi connectivity index (χ0n) is 12.1. The van der Waals surface area contributed by atoms with Crippen molar-refractivity contribution in [2.24, 2.45) is 11.7 Å². The van der Waals surface area contributed by atoms with Crippen molar-refractivity contribution in [3.8, 4) is 0 Å². The van der Waals surface area contributed by atoms with Crippen LogP contribution in [-0.2, 0) is 4.79 Å². The lowest BCUT2D eigenvalue weighted by atomic mass is 10.0. The van der Waals surface area contributed by atoms with Crippen LogP contribution in [0.5, 0.6) is 0 Å². The maximum Gasteiger partial charge on any atom is 0.398 e. The van der Waals surface area contributed by atoms with Crippen LogP contribution in [0.2, 0.25) is 0 Å². The van der Waals surface area contributed by atoms with Crippen molar-refractivity contribution in [3.63, 3.8) is 0 Å². The van der Waals surface area contributed by atoms with Gasteiger partial charge in [0.05, 0.1) is 17.4 Å². The van der Waals surface area contributed by atoms with Crippen molar-refractivity contribution in [1.29, 1.82) is 0 Å². The van der Waals surface area contributed by atoms with E-state index < -0.39 is 17.8 Å². The van der Waals surface area contributed by atoms with E-state index in [1.165, 1.54) is 0 Å². The van der Waals surface area contributed by atoms with E-state index in [1.807, 2.05) is 6.92 Å². The largest absolute Gasteiger partial charge is 0.398 e. The number of anilines is 1. The fraction of sp³-hybridized carbons (Fsp3) is 0.500. The molecule has 21 heavy (non-hydrogen) atoms. The third kappa shape index (κ3) is 5.97.